The number of rotatable bonds is 6. The number of aromatic nitrogens is 5. The average molecular weight is 732 g/mol. The molecule has 9 rings (SSSR count). The molecule has 4 aromatic carbocycles. The highest BCUT2D eigenvalue weighted by Gasteiger charge is 2.47. The number of hydrogen-bond acceptors (Lipinski definition) is 3. The number of nitrogens with zero attached hydrogens (tertiary/aromatic N) is 5. The molecule has 4 heterocycles. The van der Waals surface area contributed by atoms with Crippen LogP contribution in [-0.4, -0.2) is 24.1 Å². The van der Waals surface area contributed by atoms with Gasteiger partial charge in [-0.1, -0.05) is 126 Å². The monoisotopic (exact) mass is 731 g/mol. The van der Waals surface area contributed by atoms with E-state index < -0.39 is 10.8 Å². The summed E-state index contributed by atoms with van der Waals surface area (Å²) in [7, 11) is 0. The van der Waals surface area contributed by atoms with Crippen molar-refractivity contribution in [3.05, 3.63) is 196 Å². The molecular formula is C51H49N5. The van der Waals surface area contributed by atoms with Gasteiger partial charge in [0.05, 0.1) is 28.2 Å². The van der Waals surface area contributed by atoms with Crippen molar-refractivity contribution in [2.24, 2.45) is 0 Å². The van der Waals surface area contributed by atoms with Crippen molar-refractivity contribution >= 4 is 5.65 Å². The third kappa shape index (κ3) is 5.24. The predicted octanol–water partition coefficient (Wildman–Crippen LogP) is 11.8. The smallest absolute Gasteiger partial charge is 0.141 e. The van der Waals surface area contributed by atoms with Crippen LogP contribution in [0.15, 0.2) is 134 Å². The van der Waals surface area contributed by atoms with Crippen molar-refractivity contribution in [3.8, 4) is 27.9 Å². The first-order valence-corrected chi connectivity index (χ1v) is 19.7. The molecule has 5 nitrogen and oxygen atoms in total. The van der Waals surface area contributed by atoms with Gasteiger partial charge in [-0.2, -0.15) is 5.10 Å². The molecule has 0 aliphatic heterocycles. The van der Waals surface area contributed by atoms with Crippen molar-refractivity contribution in [2.75, 3.05) is 0 Å². The van der Waals surface area contributed by atoms with Gasteiger partial charge in [-0.3, -0.25) is 4.98 Å². The van der Waals surface area contributed by atoms with Crippen molar-refractivity contribution in [2.45, 2.75) is 78.6 Å². The Hall–Kier alpha value is -6.07. The van der Waals surface area contributed by atoms with Gasteiger partial charge in [0.15, 0.2) is 0 Å². The molecule has 0 bridgehead atoms. The number of pyridine rings is 2. The zero-order valence-corrected chi connectivity index (χ0v) is 33.9. The Morgan fingerprint density at radius 1 is 0.607 bits per heavy atom. The van der Waals surface area contributed by atoms with Gasteiger partial charge in [-0.25, -0.2) is 9.67 Å². The van der Waals surface area contributed by atoms with E-state index in [0.29, 0.717) is 0 Å². The maximum Gasteiger partial charge on any atom is 0.141 e. The number of hydrogen-bond donors (Lipinski definition) is 0. The Bertz CT molecular complexity index is 2760. The van der Waals surface area contributed by atoms with Crippen molar-refractivity contribution in [1.29, 1.82) is 0 Å². The number of imidazole rings is 1. The first-order chi connectivity index (χ1) is 26.8. The van der Waals surface area contributed by atoms with Crippen LogP contribution in [0.2, 0.25) is 0 Å². The lowest BCUT2D eigenvalue weighted by Gasteiger charge is -2.36. The molecule has 5 heteroatoms. The molecule has 278 valence electrons. The molecule has 0 saturated carbocycles. The van der Waals surface area contributed by atoms with Crippen LogP contribution in [0.4, 0.5) is 0 Å². The fourth-order valence-corrected chi connectivity index (χ4v) is 9.22. The van der Waals surface area contributed by atoms with E-state index in [2.05, 4.69) is 199 Å². The minimum atomic E-state index is -0.647. The fourth-order valence-electron chi connectivity index (χ4n) is 9.22. The Balaban J connectivity index is 1.35. The Morgan fingerprint density at radius 2 is 1.27 bits per heavy atom. The largest absolute Gasteiger partial charge is 0.304 e. The average Bonchev–Trinajstić information content (AvgIpc) is 3.79. The minimum absolute atomic E-state index is 0.00883. The molecule has 8 aromatic rings. The lowest BCUT2D eigenvalue weighted by molar-refractivity contribution is 0.573. The minimum Gasteiger partial charge on any atom is -0.304 e. The number of aryl methyl sites for hydroxylation is 3. The van der Waals surface area contributed by atoms with E-state index in [4.69, 9.17) is 15.1 Å². The van der Waals surface area contributed by atoms with E-state index in [0.717, 1.165) is 45.4 Å². The quantitative estimate of drug-likeness (QED) is 0.171. The van der Waals surface area contributed by atoms with E-state index in [1.807, 2.05) is 6.20 Å². The molecule has 1 aliphatic carbocycles. The van der Waals surface area contributed by atoms with Gasteiger partial charge in [-0.05, 0) is 108 Å². The van der Waals surface area contributed by atoms with Crippen molar-refractivity contribution in [3.63, 3.8) is 0 Å². The summed E-state index contributed by atoms with van der Waals surface area (Å²) in [5.41, 5.74) is 18.4. The van der Waals surface area contributed by atoms with Crippen LogP contribution in [0, 0.1) is 27.7 Å². The molecule has 0 radical (unpaired) electrons. The zero-order valence-electron chi connectivity index (χ0n) is 33.9. The van der Waals surface area contributed by atoms with E-state index in [1.165, 1.54) is 50.1 Å². The summed E-state index contributed by atoms with van der Waals surface area (Å²) in [5, 5.41) is 5.17. The third-order valence-corrected chi connectivity index (χ3v) is 12.4. The van der Waals surface area contributed by atoms with Crippen LogP contribution in [0.5, 0.6) is 0 Å². The fraction of sp³-hybridized carbons (Fsp3) is 0.235. The van der Waals surface area contributed by atoms with Crippen molar-refractivity contribution in [1.82, 2.24) is 24.1 Å². The van der Waals surface area contributed by atoms with Gasteiger partial charge in [0.2, 0.25) is 0 Å². The summed E-state index contributed by atoms with van der Waals surface area (Å²) < 4.78 is 4.45. The maximum absolute atomic E-state index is 5.25. The van der Waals surface area contributed by atoms with Crippen LogP contribution in [-0.2, 0) is 16.2 Å². The number of fused-ring (bicyclic) bond motifs is 4. The highest BCUT2D eigenvalue weighted by atomic mass is 15.3. The third-order valence-electron chi connectivity index (χ3n) is 12.4. The Morgan fingerprint density at radius 3 is 1.95 bits per heavy atom. The topological polar surface area (TPSA) is 48.0 Å². The second kappa shape index (κ2) is 12.7. The van der Waals surface area contributed by atoms with Crippen LogP contribution in [0.3, 0.4) is 0 Å². The molecular weight excluding hydrogens is 683 g/mol. The second-order valence-electron chi connectivity index (χ2n) is 17.1. The van der Waals surface area contributed by atoms with Crippen LogP contribution >= 0.6 is 0 Å². The van der Waals surface area contributed by atoms with E-state index in [1.54, 1.807) is 0 Å². The van der Waals surface area contributed by atoms with Gasteiger partial charge in [0, 0.05) is 40.3 Å². The van der Waals surface area contributed by atoms with Gasteiger partial charge in [0.1, 0.15) is 5.65 Å². The molecule has 56 heavy (non-hydrogen) atoms. The standard InChI is InChI=1S/C51H49N5/c1-32-34(3)55-31-39(29-45(48(55)53-32)50(8,9)46-30-37(26-27-52-46)49(5,6)7)51(43-24-15-13-22-41(43)42-23-14-16-25-44(42)51)38-20-17-21-40(28-38)56-35(4)47(33(2)54-56)36-18-11-10-12-19-36/h10-31H,1-9H3. The van der Waals surface area contributed by atoms with Gasteiger partial charge in [-0.15, -0.1) is 0 Å². The Kier molecular flexibility index (Phi) is 8.10. The summed E-state index contributed by atoms with van der Waals surface area (Å²) in [4.78, 5) is 10.3. The van der Waals surface area contributed by atoms with Gasteiger partial charge >= 0.3 is 0 Å². The van der Waals surface area contributed by atoms with Gasteiger partial charge in [0.25, 0.3) is 0 Å². The van der Waals surface area contributed by atoms with E-state index >= 15 is 0 Å². The molecule has 0 saturated heterocycles. The molecule has 4 aromatic heterocycles. The molecule has 0 amide bonds. The normalized spacial score (nSPS) is 13.6. The van der Waals surface area contributed by atoms with E-state index in [-0.39, 0.29) is 5.41 Å². The lowest BCUT2D eigenvalue weighted by atomic mass is 9.67. The molecule has 0 atom stereocenters. The summed E-state index contributed by atoms with van der Waals surface area (Å²) in [6, 6.07) is 44.5. The summed E-state index contributed by atoms with van der Waals surface area (Å²) >= 11 is 0. The lowest BCUT2D eigenvalue weighted by Crippen LogP contribution is -2.31. The van der Waals surface area contributed by atoms with Crippen LogP contribution in [0.1, 0.15) is 96.5 Å². The summed E-state index contributed by atoms with van der Waals surface area (Å²) in [5.74, 6) is 0. The van der Waals surface area contributed by atoms with Crippen molar-refractivity contribution < 1.29 is 0 Å². The molecule has 0 unspecified atom stereocenters. The zero-order chi connectivity index (χ0) is 39.1. The van der Waals surface area contributed by atoms with Gasteiger partial charge < -0.3 is 4.40 Å². The Labute approximate surface area is 330 Å². The molecule has 0 fully saturated rings. The summed E-state index contributed by atoms with van der Waals surface area (Å²) in [6.45, 7) is 20.0. The highest BCUT2D eigenvalue weighted by molar-refractivity contribution is 5.86. The first-order valence-electron chi connectivity index (χ1n) is 19.7. The molecule has 0 spiro atoms. The van der Waals surface area contributed by atoms with Crippen LogP contribution < -0.4 is 0 Å². The van der Waals surface area contributed by atoms with E-state index in [9.17, 15) is 0 Å². The highest BCUT2D eigenvalue weighted by Crippen LogP contribution is 2.57. The SMILES string of the molecule is Cc1nn(-c2cccc(C3(c4cc(C(C)(C)c5cc(C(C)(C)C)ccn5)c5nc(C)c(C)n5c4)c4ccccc4-c4ccccc43)c2)c(C)c1-c1ccccc1. The predicted molar refractivity (Wildman–Crippen MR) is 229 cm³/mol. The molecule has 1 aliphatic rings. The summed E-state index contributed by atoms with van der Waals surface area (Å²) in [6.07, 6.45) is 4.32. The molecule has 0 N–H and O–H groups in total. The first kappa shape index (κ1) is 35.6. The second-order valence-corrected chi connectivity index (χ2v) is 17.1. The van der Waals surface area contributed by atoms with Crippen LogP contribution in [0.25, 0.3) is 33.6 Å². The number of benzene rings is 4. The maximum atomic E-state index is 5.25.